The summed E-state index contributed by atoms with van der Waals surface area (Å²) < 4.78 is 1.51. The molecule has 0 aliphatic rings. The van der Waals surface area contributed by atoms with Crippen molar-refractivity contribution in [3.63, 3.8) is 0 Å². The maximum Gasteiger partial charge on any atom is 0.242 e. The van der Waals surface area contributed by atoms with Gasteiger partial charge in [-0.3, -0.25) is 4.79 Å². The second kappa shape index (κ2) is 7.54. The average molecular weight is 288 g/mol. The molecule has 6 heteroatoms. The van der Waals surface area contributed by atoms with E-state index >= 15 is 0 Å². The van der Waals surface area contributed by atoms with Crippen molar-refractivity contribution in [1.82, 2.24) is 20.3 Å². The number of nitrogens with one attached hydrogen (secondary N) is 1. The van der Waals surface area contributed by atoms with Crippen LogP contribution in [0.15, 0.2) is 30.5 Å². The molecule has 0 radical (unpaired) electrons. The first-order valence-electron chi connectivity index (χ1n) is 6.99. The minimum atomic E-state index is -0.103. The van der Waals surface area contributed by atoms with Gasteiger partial charge in [0.1, 0.15) is 6.54 Å². The molecule has 0 saturated carbocycles. The molecule has 2 rings (SSSR count). The molecule has 21 heavy (non-hydrogen) atoms. The van der Waals surface area contributed by atoms with E-state index in [1.165, 1.54) is 10.2 Å². The maximum atomic E-state index is 11.8. The number of carbonyl (C=O) groups is 1. The minimum absolute atomic E-state index is 0.103. The van der Waals surface area contributed by atoms with Gasteiger partial charge in [0.15, 0.2) is 0 Å². The minimum Gasteiger partial charge on any atom is -0.396 e. The van der Waals surface area contributed by atoms with Crippen molar-refractivity contribution in [2.75, 3.05) is 6.61 Å². The number of amides is 1. The summed E-state index contributed by atoms with van der Waals surface area (Å²) in [5.41, 5.74) is 3.05. The number of nitrogens with zero attached hydrogens (tertiary/aromatic N) is 3. The second-order valence-corrected chi connectivity index (χ2v) is 5.00. The van der Waals surface area contributed by atoms with Gasteiger partial charge >= 0.3 is 0 Å². The second-order valence-electron chi connectivity index (χ2n) is 5.00. The molecule has 0 aliphatic heterocycles. The number of carbonyl (C=O) groups excluding carboxylic acids is 1. The van der Waals surface area contributed by atoms with Crippen molar-refractivity contribution in [2.45, 2.75) is 32.9 Å². The largest absolute Gasteiger partial charge is 0.396 e. The number of aromatic nitrogens is 3. The van der Waals surface area contributed by atoms with Crippen LogP contribution < -0.4 is 5.32 Å². The summed E-state index contributed by atoms with van der Waals surface area (Å²) in [4.78, 5) is 11.8. The third kappa shape index (κ3) is 5.00. The third-order valence-electron chi connectivity index (χ3n) is 3.09. The van der Waals surface area contributed by atoms with Crippen LogP contribution >= 0.6 is 0 Å². The molecular formula is C15H20N4O2. The number of aliphatic hydroxyl groups excluding tert-OH is 1. The van der Waals surface area contributed by atoms with Crippen LogP contribution in [0.5, 0.6) is 0 Å². The smallest absolute Gasteiger partial charge is 0.242 e. The quantitative estimate of drug-likeness (QED) is 0.791. The van der Waals surface area contributed by atoms with Crippen LogP contribution in [0.2, 0.25) is 0 Å². The highest BCUT2D eigenvalue weighted by Gasteiger charge is 2.06. The number of aliphatic hydroxyl groups is 1. The molecule has 1 aromatic heterocycles. The van der Waals surface area contributed by atoms with Crippen LogP contribution in [0, 0.1) is 6.92 Å². The zero-order valence-electron chi connectivity index (χ0n) is 12.1. The number of hydrogen-bond donors (Lipinski definition) is 2. The van der Waals surface area contributed by atoms with E-state index < -0.39 is 0 Å². The van der Waals surface area contributed by atoms with E-state index in [4.69, 9.17) is 5.11 Å². The van der Waals surface area contributed by atoms with Gasteiger partial charge in [-0.2, -0.15) is 0 Å². The van der Waals surface area contributed by atoms with Crippen molar-refractivity contribution in [3.8, 4) is 0 Å². The Balaban J connectivity index is 1.78. The van der Waals surface area contributed by atoms with Gasteiger partial charge in [-0.1, -0.05) is 35.0 Å². The van der Waals surface area contributed by atoms with Crippen LogP contribution in [0.4, 0.5) is 0 Å². The van der Waals surface area contributed by atoms with Crippen LogP contribution in [-0.2, 0) is 24.3 Å². The Hall–Kier alpha value is -2.21. The molecule has 6 nitrogen and oxygen atoms in total. The molecule has 0 aliphatic carbocycles. The number of hydrogen-bond acceptors (Lipinski definition) is 4. The molecule has 0 saturated heterocycles. The van der Waals surface area contributed by atoms with E-state index in [-0.39, 0.29) is 19.1 Å². The van der Waals surface area contributed by atoms with Gasteiger partial charge in [-0.05, 0) is 25.3 Å². The molecule has 112 valence electrons. The van der Waals surface area contributed by atoms with Crippen LogP contribution in [0.3, 0.4) is 0 Å². The lowest BCUT2D eigenvalue weighted by atomic mass is 10.1. The fourth-order valence-electron chi connectivity index (χ4n) is 1.90. The van der Waals surface area contributed by atoms with Gasteiger partial charge in [0, 0.05) is 19.3 Å². The predicted molar refractivity (Wildman–Crippen MR) is 78.5 cm³/mol. The lowest BCUT2D eigenvalue weighted by Gasteiger charge is -2.05. The summed E-state index contributed by atoms with van der Waals surface area (Å²) in [7, 11) is 0. The molecule has 2 N–H and O–H groups in total. The Bertz CT molecular complexity index is 578. The molecule has 2 aromatic rings. The van der Waals surface area contributed by atoms with Crippen LogP contribution in [0.1, 0.15) is 23.2 Å². The first-order chi connectivity index (χ1) is 10.2. The molecule has 1 heterocycles. The summed E-state index contributed by atoms with van der Waals surface area (Å²) in [6, 6.07) is 8.04. The Labute approximate surface area is 123 Å². The molecule has 1 amide bonds. The van der Waals surface area contributed by atoms with Crippen molar-refractivity contribution < 1.29 is 9.90 Å². The number of benzene rings is 1. The van der Waals surface area contributed by atoms with Crippen LogP contribution in [0.25, 0.3) is 0 Å². The van der Waals surface area contributed by atoms with Gasteiger partial charge in [0.2, 0.25) is 5.91 Å². The fraction of sp³-hybridized carbons (Fsp3) is 0.400. The molecule has 0 spiro atoms. The van der Waals surface area contributed by atoms with Gasteiger partial charge in [0.25, 0.3) is 0 Å². The highest BCUT2D eigenvalue weighted by atomic mass is 16.2. The molecule has 0 bridgehead atoms. The molecule has 0 fully saturated rings. The Morgan fingerprint density at radius 2 is 2.10 bits per heavy atom. The standard InChI is InChI=1S/C15H20N4O2/c1-12-4-6-13(7-5-12)9-16-15(21)11-19-10-14(17-18-19)3-2-8-20/h4-7,10,20H,2-3,8-9,11H2,1H3,(H,16,21). The van der Waals surface area contributed by atoms with E-state index in [1.54, 1.807) is 6.20 Å². The van der Waals surface area contributed by atoms with Gasteiger partial charge in [-0.15, -0.1) is 5.10 Å². The molecule has 0 unspecified atom stereocenters. The predicted octanol–water partition coefficient (Wildman–Crippen LogP) is 0.828. The highest BCUT2D eigenvalue weighted by Crippen LogP contribution is 2.02. The van der Waals surface area contributed by atoms with E-state index in [1.807, 2.05) is 31.2 Å². The number of aryl methyl sites for hydroxylation is 2. The lowest BCUT2D eigenvalue weighted by molar-refractivity contribution is -0.122. The topological polar surface area (TPSA) is 80.0 Å². The average Bonchev–Trinajstić information content (AvgIpc) is 2.92. The lowest BCUT2D eigenvalue weighted by Crippen LogP contribution is -2.27. The number of rotatable bonds is 7. The van der Waals surface area contributed by atoms with Crippen molar-refractivity contribution in [3.05, 3.63) is 47.3 Å². The summed E-state index contributed by atoms with van der Waals surface area (Å²) in [6.45, 7) is 2.81. The Morgan fingerprint density at radius 1 is 1.33 bits per heavy atom. The normalized spacial score (nSPS) is 10.6. The van der Waals surface area contributed by atoms with Gasteiger partial charge < -0.3 is 10.4 Å². The first kappa shape index (κ1) is 15.2. The highest BCUT2D eigenvalue weighted by molar-refractivity contribution is 5.75. The summed E-state index contributed by atoms with van der Waals surface area (Å²) in [5, 5.41) is 19.5. The zero-order valence-corrected chi connectivity index (χ0v) is 12.1. The van der Waals surface area contributed by atoms with Crippen molar-refractivity contribution in [1.29, 1.82) is 0 Å². The van der Waals surface area contributed by atoms with Crippen LogP contribution in [-0.4, -0.2) is 32.6 Å². The van der Waals surface area contributed by atoms with Crippen molar-refractivity contribution in [2.24, 2.45) is 0 Å². The summed E-state index contributed by atoms with van der Waals surface area (Å²) in [6.07, 6.45) is 3.06. The Morgan fingerprint density at radius 3 is 2.81 bits per heavy atom. The molecular weight excluding hydrogens is 268 g/mol. The maximum absolute atomic E-state index is 11.8. The van der Waals surface area contributed by atoms with Gasteiger partial charge in [0.05, 0.1) is 5.69 Å². The zero-order chi connectivity index (χ0) is 15.1. The monoisotopic (exact) mass is 288 g/mol. The van der Waals surface area contributed by atoms with E-state index in [2.05, 4.69) is 15.6 Å². The fourth-order valence-corrected chi connectivity index (χ4v) is 1.90. The van der Waals surface area contributed by atoms with Crippen molar-refractivity contribution >= 4 is 5.91 Å². The summed E-state index contributed by atoms with van der Waals surface area (Å²) >= 11 is 0. The first-order valence-corrected chi connectivity index (χ1v) is 6.99. The van der Waals surface area contributed by atoms with E-state index in [0.29, 0.717) is 19.4 Å². The van der Waals surface area contributed by atoms with E-state index in [9.17, 15) is 4.79 Å². The third-order valence-corrected chi connectivity index (χ3v) is 3.09. The summed E-state index contributed by atoms with van der Waals surface area (Å²) in [5.74, 6) is -0.103. The van der Waals surface area contributed by atoms with Gasteiger partial charge in [-0.25, -0.2) is 4.68 Å². The van der Waals surface area contributed by atoms with E-state index in [0.717, 1.165) is 11.3 Å². The molecule has 0 atom stereocenters. The Kier molecular flexibility index (Phi) is 5.45. The SMILES string of the molecule is Cc1ccc(CNC(=O)Cn2cc(CCCO)nn2)cc1. The molecule has 1 aromatic carbocycles.